The van der Waals surface area contributed by atoms with Gasteiger partial charge in [-0.15, -0.1) is 0 Å². The number of piperazine rings is 1. The van der Waals surface area contributed by atoms with E-state index < -0.39 is 0 Å². The Labute approximate surface area is 221 Å². The summed E-state index contributed by atoms with van der Waals surface area (Å²) in [6, 6.07) is 31.3. The molecule has 2 N–H and O–H groups in total. The summed E-state index contributed by atoms with van der Waals surface area (Å²) >= 11 is 0. The fourth-order valence-corrected chi connectivity index (χ4v) is 5.88. The number of hydrogen-bond acceptors (Lipinski definition) is 4. The highest BCUT2D eigenvalue weighted by atomic mass is 15.3. The van der Waals surface area contributed by atoms with Crippen LogP contribution in [0.25, 0.3) is 22.2 Å². The Kier molecular flexibility index (Phi) is 7.54. The second kappa shape index (κ2) is 11.5. The molecule has 1 aromatic heterocycles. The third-order valence-electron chi connectivity index (χ3n) is 8.12. The molecule has 0 radical (unpaired) electrons. The summed E-state index contributed by atoms with van der Waals surface area (Å²) in [5.41, 5.74) is 6.42. The largest absolute Gasteiger partial charge is 0.371 e. The molecule has 3 aromatic carbocycles. The zero-order valence-corrected chi connectivity index (χ0v) is 21.8. The fourth-order valence-electron chi connectivity index (χ4n) is 5.88. The van der Waals surface area contributed by atoms with Crippen molar-refractivity contribution in [1.82, 2.24) is 20.1 Å². The number of fused-ring (bicyclic) bond motifs is 1. The zero-order valence-electron chi connectivity index (χ0n) is 21.8. The summed E-state index contributed by atoms with van der Waals surface area (Å²) in [7, 11) is 0. The molecular formula is C32H39N5. The maximum Gasteiger partial charge on any atom is 0.0465 e. The van der Waals surface area contributed by atoms with Crippen molar-refractivity contribution in [2.45, 2.75) is 25.4 Å². The topological polar surface area (TPSA) is 37.5 Å². The van der Waals surface area contributed by atoms with Gasteiger partial charge in [-0.05, 0) is 48.2 Å². The Morgan fingerprint density at radius 1 is 0.730 bits per heavy atom. The number of aromatic nitrogens is 1. The van der Waals surface area contributed by atoms with Crippen LogP contribution in [0.5, 0.6) is 0 Å². The van der Waals surface area contributed by atoms with E-state index in [0.717, 1.165) is 32.7 Å². The van der Waals surface area contributed by atoms with Crippen LogP contribution in [0.4, 0.5) is 5.69 Å². The van der Waals surface area contributed by atoms with Gasteiger partial charge in [-0.25, -0.2) is 0 Å². The Bertz CT molecular complexity index is 1230. The van der Waals surface area contributed by atoms with Crippen molar-refractivity contribution >= 4 is 16.6 Å². The Hall–Kier alpha value is -3.12. The number of nitrogens with one attached hydrogen (secondary N) is 2. The quantitative estimate of drug-likeness (QED) is 0.353. The molecule has 0 spiro atoms. The van der Waals surface area contributed by atoms with Crippen molar-refractivity contribution in [2.24, 2.45) is 0 Å². The number of aromatic amines is 1. The lowest BCUT2D eigenvalue weighted by molar-refractivity contribution is 0.126. The fraction of sp³-hybridized carbons (Fsp3) is 0.375. The van der Waals surface area contributed by atoms with Crippen LogP contribution in [0.1, 0.15) is 18.4 Å². The minimum atomic E-state index is 0.632. The minimum Gasteiger partial charge on any atom is -0.371 e. The van der Waals surface area contributed by atoms with Gasteiger partial charge in [0, 0.05) is 87.2 Å². The van der Waals surface area contributed by atoms with E-state index in [4.69, 9.17) is 0 Å². The summed E-state index contributed by atoms with van der Waals surface area (Å²) in [6.45, 7) is 10.3. The van der Waals surface area contributed by atoms with Crippen LogP contribution >= 0.6 is 0 Å². The lowest BCUT2D eigenvalue weighted by Crippen LogP contribution is -2.49. The molecule has 2 fully saturated rings. The molecule has 2 saturated heterocycles. The summed E-state index contributed by atoms with van der Waals surface area (Å²) < 4.78 is 0. The molecule has 37 heavy (non-hydrogen) atoms. The van der Waals surface area contributed by atoms with Crippen molar-refractivity contribution in [2.75, 3.05) is 57.3 Å². The molecule has 0 saturated carbocycles. The van der Waals surface area contributed by atoms with Crippen molar-refractivity contribution in [3.05, 3.63) is 90.5 Å². The third kappa shape index (κ3) is 6.07. The molecule has 6 rings (SSSR count). The van der Waals surface area contributed by atoms with Gasteiger partial charge in [-0.1, -0.05) is 60.7 Å². The van der Waals surface area contributed by atoms with E-state index in [9.17, 15) is 0 Å². The predicted molar refractivity (Wildman–Crippen MR) is 155 cm³/mol. The average Bonchev–Trinajstić information content (AvgIpc) is 3.40. The van der Waals surface area contributed by atoms with Gasteiger partial charge in [0.05, 0.1) is 0 Å². The zero-order chi connectivity index (χ0) is 24.9. The Morgan fingerprint density at radius 2 is 1.49 bits per heavy atom. The number of nitrogens with zero attached hydrogens (tertiary/aromatic N) is 3. The van der Waals surface area contributed by atoms with Gasteiger partial charge in [0.1, 0.15) is 0 Å². The van der Waals surface area contributed by atoms with Crippen molar-refractivity contribution < 1.29 is 0 Å². The summed E-state index contributed by atoms with van der Waals surface area (Å²) in [6.07, 6.45) is 2.42. The SMILES string of the molecule is c1ccc(CN2CCN(CCNC3CCN(c4cccc(-c5cc6ccccc6[nH]5)c4)CC3)CC2)cc1. The first kappa shape index (κ1) is 24.2. The maximum absolute atomic E-state index is 3.86. The molecule has 3 heterocycles. The third-order valence-corrected chi connectivity index (χ3v) is 8.12. The minimum absolute atomic E-state index is 0.632. The second-order valence-corrected chi connectivity index (χ2v) is 10.6. The highest BCUT2D eigenvalue weighted by Gasteiger charge is 2.21. The number of benzene rings is 3. The number of hydrogen-bond donors (Lipinski definition) is 2. The highest BCUT2D eigenvalue weighted by molar-refractivity contribution is 5.86. The number of rotatable bonds is 8. The molecule has 0 unspecified atom stereocenters. The van der Waals surface area contributed by atoms with Crippen LogP contribution in [0.2, 0.25) is 0 Å². The summed E-state index contributed by atoms with van der Waals surface area (Å²) in [4.78, 5) is 11.3. The predicted octanol–water partition coefficient (Wildman–Crippen LogP) is 5.21. The van der Waals surface area contributed by atoms with E-state index in [1.54, 1.807) is 0 Å². The van der Waals surface area contributed by atoms with E-state index in [1.807, 2.05) is 0 Å². The summed E-state index contributed by atoms with van der Waals surface area (Å²) in [5.74, 6) is 0. The molecule has 192 valence electrons. The van der Waals surface area contributed by atoms with E-state index in [2.05, 4.69) is 110 Å². The average molecular weight is 494 g/mol. The molecule has 2 aliphatic rings. The monoisotopic (exact) mass is 493 g/mol. The Morgan fingerprint density at radius 3 is 2.30 bits per heavy atom. The van der Waals surface area contributed by atoms with E-state index in [1.165, 1.54) is 72.4 Å². The van der Waals surface area contributed by atoms with Gasteiger partial charge in [-0.2, -0.15) is 0 Å². The van der Waals surface area contributed by atoms with Gasteiger partial charge < -0.3 is 15.2 Å². The van der Waals surface area contributed by atoms with E-state index in [-0.39, 0.29) is 0 Å². The lowest BCUT2D eigenvalue weighted by atomic mass is 10.0. The van der Waals surface area contributed by atoms with Crippen LogP contribution in [-0.4, -0.2) is 73.2 Å². The first-order chi connectivity index (χ1) is 18.3. The second-order valence-electron chi connectivity index (χ2n) is 10.6. The Balaban J connectivity index is 0.932. The smallest absolute Gasteiger partial charge is 0.0465 e. The molecule has 0 bridgehead atoms. The number of piperidine rings is 1. The van der Waals surface area contributed by atoms with Crippen molar-refractivity contribution in [3.8, 4) is 11.3 Å². The van der Waals surface area contributed by atoms with Gasteiger partial charge in [0.25, 0.3) is 0 Å². The molecule has 0 atom stereocenters. The van der Waals surface area contributed by atoms with E-state index in [0.29, 0.717) is 6.04 Å². The van der Waals surface area contributed by atoms with Crippen molar-refractivity contribution in [1.29, 1.82) is 0 Å². The van der Waals surface area contributed by atoms with Crippen LogP contribution < -0.4 is 10.2 Å². The van der Waals surface area contributed by atoms with Gasteiger partial charge in [-0.3, -0.25) is 9.80 Å². The first-order valence-electron chi connectivity index (χ1n) is 14.0. The number of H-pyrrole nitrogens is 1. The molecular weight excluding hydrogens is 454 g/mol. The molecule has 4 aromatic rings. The van der Waals surface area contributed by atoms with Gasteiger partial charge in [0.15, 0.2) is 0 Å². The number of para-hydroxylation sites is 1. The lowest BCUT2D eigenvalue weighted by Gasteiger charge is -2.36. The molecule has 5 nitrogen and oxygen atoms in total. The van der Waals surface area contributed by atoms with Crippen LogP contribution in [0.15, 0.2) is 84.9 Å². The maximum atomic E-state index is 3.86. The molecule has 0 amide bonds. The first-order valence-corrected chi connectivity index (χ1v) is 14.0. The van der Waals surface area contributed by atoms with Crippen molar-refractivity contribution in [3.63, 3.8) is 0 Å². The molecule has 0 aliphatic carbocycles. The van der Waals surface area contributed by atoms with Gasteiger partial charge in [0.2, 0.25) is 0 Å². The molecule has 5 heteroatoms. The number of anilines is 1. The normalized spacial score (nSPS) is 18.0. The van der Waals surface area contributed by atoms with Gasteiger partial charge >= 0.3 is 0 Å². The van der Waals surface area contributed by atoms with E-state index >= 15 is 0 Å². The molecule has 2 aliphatic heterocycles. The van der Waals surface area contributed by atoms with Crippen LogP contribution in [0, 0.1) is 0 Å². The van der Waals surface area contributed by atoms with Crippen LogP contribution in [-0.2, 0) is 6.54 Å². The standard InChI is InChI=1S/C32H39N5/c1-2-7-26(8-3-1)25-36-21-19-35(20-22-36)18-15-33-29-13-16-37(17-14-29)30-11-6-10-27(23-30)32-24-28-9-4-5-12-31(28)34-32/h1-12,23-24,29,33-34H,13-22,25H2. The highest BCUT2D eigenvalue weighted by Crippen LogP contribution is 2.28. The summed E-state index contributed by atoms with van der Waals surface area (Å²) in [5, 5.41) is 5.12. The van der Waals surface area contributed by atoms with Crippen LogP contribution in [0.3, 0.4) is 0 Å².